The minimum Gasteiger partial charge on any atom is -0.485 e. The van der Waals surface area contributed by atoms with Crippen LogP contribution in [0, 0.1) is 11.3 Å². The molecule has 1 aliphatic heterocycles. The fraction of sp³-hybridized carbons (Fsp3) is 0.567. The Morgan fingerprint density at radius 3 is 2.20 bits per heavy atom. The van der Waals surface area contributed by atoms with E-state index in [1.165, 1.54) is 24.3 Å². The number of anilines is 1. The Kier molecular flexibility index (Phi) is 12.6. The van der Waals surface area contributed by atoms with Crippen molar-refractivity contribution in [2.75, 3.05) is 38.3 Å². The first-order valence-electron chi connectivity index (χ1n) is 14.4. The number of aliphatic hydroxyl groups is 3. The fourth-order valence-electron chi connectivity index (χ4n) is 4.46. The number of esters is 1. The molecule has 1 heterocycles. The molecular weight excluding hydrogens is 596 g/mol. The Bertz CT molecular complexity index is 1260. The van der Waals surface area contributed by atoms with Crippen molar-refractivity contribution in [3.63, 3.8) is 0 Å². The van der Waals surface area contributed by atoms with Crippen LogP contribution in [-0.4, -0.2) is 112 Å². The van der Waals surface area contributed by atoms with Crippen LogP contribution in [0.25, 0.3) is 0 Å². The number of imide groups is 1. The molecule has 0 unspecified atom stereocenters. The van der Waals surface area contributed by atoms with Gasteiger partial charge in [0.05, 0.1) is 62.5 Å². The van der Waals surface area contributed by atoms with E-state index < -0.39 is 65.4 Å². The Balaban J connectivity index is 1.57. The van der Waals surface area contributed by atoms with E-state index in [0.29, 0.717) is 5.56 Å². The van der Waals surface area contributed by atoms with Crippen LogP contribution in [0.4, 0.5) is 5.69 Å². The van der Waals surface area contributed by atoms with Gasteiger partial charge in [-0.3, -0.25) is 28.9 Å². The second-order valence-electron chi connectivity index (χ2n) is 11.6. The van der Waals surface area contributed by atoms with Crippen molar-refractivity contribution in [2.45, 2.75) is 64.6 Å². The van der Waals surface area contributed by atoms with Crippen LogP contribution in [0.1, 0.15) is 39.2 Å². The van der Waals surface area contributed by atoms with E-state index in [1.807, 2.05) is 0 Å². The largest absolute Gasteiger partial charge is 0.485 e. The van der Waals surface area contributed by atoms with Gasteiger partial charge in [0.25, 0.3) is 11.8 Å². The summed E-state index contributed by atoms with van der Waals surface area (Å²) in [4.78, 5) is 60.7. The predicted octanol–water partition coefficient (Wildman–Crippen LogP) is -0.00270. The number of nitrogens with zero attached hydrogens (tertiary/aromatic N) is 1. The summed E-state index contributed by atoms with van der Waals surface area (Å²) in [5.41, 5.74) is -0.106. The molecule has 1 aromatic carbocycles. The zero-order chi connectivity index (χ0) is 33.3. The Morgan fingerprint density at radius 1 is 0.933 bits per heavy atom. The molecule has 45 heavy (non-hydrogen) atoms. The number of carboxylic acid groups (broad SMARTS) is 1. The molecule has 5 atom stereocenters. The number of carbonyl (C=O) groups is 5. The van der Waals surface area contributed by atoms with E-state index in [2.05, 4.69) is 5.32 Å². The number of rotatable bonds is 15. The zero-order valence-electron chi connectivity index (χ0n) is 25.3. The molecule has 0 aromatic heterocycles. The summed E-state index contributed by atoms with van der Waals surface area (Å²) >= 11 is 0. The number of hydrogen-bond donors (Lipinski definition) is 5. The fourth-order valence-corrected chi connectivity index (χ4v) is 4.46. The highest BCUT2D eigenvalue weighted by Gasteiger charge is 2.47. The Hall–Kier alpha value is -3.89. The second-order valence-corrected chi connectivity index (χ2v) is 11.6. The lowest BCUT2D eigenvalue weighted by Gasteiger charge is -2.38. The molecule has 0 saturated heterocycles. The van der Waals surface area contributed by atoms with Crippen LogP contribution >= 0.6 is 0 Å². The SMILES string of the molecule is CC(C)(C)C(=O)OCc1ccc(O[C@@H]2C[C@H](C(=O)O)[C@@H](O)[C@H](O)[C@H]2O)c(NC(=O)CCOCCOCCN2C(=O)C=CC2=O)c1. The minimum atomic E-state index is -1.78. The molecule has 15 nitrogen and oxygen atoms in total. The average molecular weight is 637 g/mol. The van der Waals surface area contributed by atoms with Crippen molar-refractivity contribution in [3.05, 3.63) is 35.9 Å². The lowest BCUT2D eigenvalue weighted by atomic mass is 9.80. The monoisotopic (exact) mass is 636 g/mol. The van der Waals surface area contributed by atoms with Gasteiger partial charge in [0, 0.05) is 18.6 Å². The van der Waals surface area contributed by atoms with Gasteiger partial charge in [-0.2, -0.15) is 0 Å². The summed E-state index contributed by atoms with van der Waals surface area (Å²) < 4.78 is 22.0. The number of amides is 3. The molecule has 0 radical (unpaired) electrons. The molecule has 15 heteroatoms. The Morgan fingerprint density at radius 2 is 1.58 bits per heavy atom. The molecule has 1 aromatic rings. The maximum Gasteiger partial charge on any atom is 0.311 e. The zero-order valence-corrected chi connectivity index (χ0v) is 25.3. The van der Waals surface area contributed by atoms with Crippen molar-refractivity contribution < 1.29 is 63.3 Å². The molecule has 1 fully saturated rings. The third-order valence-electron chi connectivity index (χ3n) is 7.08. The van der Waals surface area contributed by atoms with Crippen molar-refractivity contribution in [1.29, 1.82) is 0 Å². The summed E-state index contributed by atoms with van der Waals surface area (Å²) in [7, 11) is 0. The number of ether oxygens (including phenoxy) is 4. The summed E-state index contributed by atoms with van der Waals surface area (Å²) in [6.07, 6.45) is -4.34. The van der Waals surface area contributed by atoms with Crippen molar-refractivity contribution in [3.8, 4) is 5.75 Å². The molecule has 5 N–H and O–H groups in total. The van der Waals surface area contributed by atoms with Crippen LogP contribution in [0.3, 0.4) is 0 Å². The van der Waals surface area contributed by atoms with Crippen LogP contribution in [-0.2, 0) is 44.8 Å². The van der Waals surface area contributed by atoms with Gasteiger partial charge >= 0.3 is 11.9 Å². The van der Waals surface area contributed by atoms with E-state index in [1.54, 1.807) is 26.8 Å². The average Bonchev–Trinajstić information content (AvgIpc) is 3.29. The third kappa shape index (κ3) is 10.1. The van der Waals surface area contributed by atoms with Gasteiger partial charge < -0.3 is 44.7 Å². The van der Waals surface area contributed by atoms with Gasteiger partial charge in [-0.25, -0.2) is 0 Å². The molecule has 1 aliphatic carbocycles. The highest BCUT2D eigenvalue weighted by atomic mass is 16.5. The van der Waals surface area contributed by atoms with Gasteiger partial charge in [-0.05, 0) is 38.5 Å². The minimum absolute atomic E-state index is 0.0208. The van der Waals surface area contributed by atoms with Crippen LogP contribution in [0.2, 0.25) is 0 Å². The summed E-state index contributed by atoms with van der Waals surface area (Å²) in [5.74, 6) is -4.44. The highest BCUT2D eigenvalue weighted by molar-refractivity contribution is 6.12. The molecule has 0 spiro atoms. The van der Waals surface area contributed by atoms with Crippen molar-refractivity contribution >= 4 is 35.3 Å². The number of hydrogen-bond acceptors (Lipinski definition) is 12. The number of carbonyl (C=O) groups excluding carboxylic acids is 4. The van der Waals surface area contributed by atoms with E-state index in [-0.39, 0.29) is 63.9 Å². The first-order valence-corrected chi connectivity index (χ1v) is 14.4. The van der Waals surface area contributed by atoms with Crippen molar-refractivity contribution in [1.82, 2.24) is 4.90 Å². The lowest BCUT2D eigenvalue weighted by molar-refractivity contribution is -0.174. The second kappa shape index (κ2) is 15.9. The van der Waals surface area contributed by atoms with E-state index in [9.17, 15) is 44.4 Å². The first-order chi connectivity index (χ1) is 21.2. The molecule has 248 valence electrons. The Labute approximate surface area is 259 Å². The maximum atomic E-state index is 12.8. The van der Waals surface area contributed by atoms with E-state index >= 15 is 0 Å². The normalized spacial score (nSPS) is 23.2. The van der Waals surface area contributed by atoms with Crippen molar-refractivity contribution in [2.24, 2.45) is 11.3 Å². The molecule has 3 amide bonds. The van der Waals surface area contributed by atoms with Gasteiger partial charge in [0.2, 0.25) is 5.91 Å². The molecule has 0 bridgehead atoms. The predicted molar refractivity (Wildman–Crippen MR) is 155 cm³/mol. The number of aliphatic hydroxyl groups excluding tert-OH is 3. The highest BCUT2D eigenvalue weighted by Crippen LogP contribution is 2.33. The van der Waals surface area contributed by atoms with Crippen LogP contribution in [0.5, 0.6) is 5.75 Å². The summed E-state index contributed by atoms with van der Waals surface area (Å²) in [5, 5.41) is 42.9. The van der Waals surface area contributed by atoms with Gasteiger partial charge in [-0.1, -0.05) is 6.07 Å². The quantitative estimate of drug-likeness (QED) is 0.0974. The third-order valence-corrected chi connectivity index (χ3v) is 7.08. The smallest absolute Gasteiger partial charge is 0.311 e. The maximum absolute atomic E-state index is 12.8. The van der Waals surface area contributed by atoms with Gasteiger partial charge in [0.15, 0.2) is 0 Å². The number of nitrogens with one attached hydrogen (secondary N) is 1. The van der Waals surface area contributed by atoms with Gasteiger partial charge in [0.1, 0.15) is 30.7 Å². The number of benzene rings is 1. The molecule has 1 saturated carbocycles. The topological polar surface area (TPSA) is 218 Å². The standard InChI is InChI=1S/C30H40N2O13/c1-30(2,3)29(41)44-16-17-4-5-20(45-21-15-18(28(39)40)25(36)27(38)26(21)37)19(14-17)31-22(33)8-10-42-12-13-43-11-9-32-23(34)6-7-24(32)35/h4-7,14,18,21,25-27,36-38H,8-13,15-16H2,1-3H3,(H,31,33)(H,39,40)/t18-,21+,25+,26-,27-/m0/s1. The summed E-state index contributed by atoms with van der Waals surface area (Å²) in [6.45, 7) is 5.57. The molecule has 3 rings (SSSR count). The number of carboxylic acids is 1. The van der Waals surface area contributed by atoms with Crippen LogP contribution in [0.15, 0.2) is 30.4 Å². The first kappa shape index (κ1) is 35.6. The summed E-state index contributed by atoms with van der Waals surface area (Å²) in [6, 6.07) is 4.51. The van der Waals surface area contributed by atoms with E-state index in [4.69, 9.17) is 18.9 Å². The lowest BCUT2D eigenvalue weighted by Crippen LogP contribution is -2.57. The number of aliphatic carboxylic acids is 1. The molecule has 2 aliphatic rings. The van der Waals surface area contributed by atoms with E-state index in [0.717, 1.165) is 4.90 Å². The van der Waals surface area contributed by atoms with Crippen LogP contribution < -0.4 is 10.1 Å². The van der Waals surface area contributed by atoms with Gasteiger partial charge in [-0.15, -0.1) is 0 Å². The molecular formula is C30H40N2O13.